The molecule has 0 aliphatic rings. The summed E-state index contributed by atoms with van der Waals surface area (Å²) in [6.45, 7) is 0. The first-order chi connectivity index (χ1) is 7.99. The number of halogens is 1. The van der Waals surface area contributed by atoms with Gasteiger partial charge in [-0.05, 0) is 17.7 Å². The van der Waals surface area contributed by atoms with E-state index in [0.29, 0.717) is 5.56 Å². The minimum absolute atomic E-state index is 0.123. The van der Waals surface area contributed by atoms with Crippen molar-refractivity contribution in [1.82, 2.24) is 14.8 Å². The number of rotatable bonds is 3. The Morgan fingerprint density at radius 3 is 2.76 bits per heavy atom. The number of nitrogens with zero attached hydrogens (tertiary/aromatic N) is 3. The topological polar surface area (TPSA) is 64.8 Å². The van der Waals surface area contributed by atoms with E-state index in [9.17, 15) is 12.8 Å². The van der Waals surface area contributed by atoms with Gasteiger partial charge in [0.15, 0.2) is 0 Å². The standard InChI is InChI=1S/C10H10FN3O2S/c1-14-10(12-7-13-14)17(15,16)6-8-3-2-4-9(11)5-8/h2-5,7H,6H2,1H3. The molecule has 0 saturated heterocycles. The fourth-order valence-electron chi connectivity index (χ4n) is 1.48. The third-order valence-corrected chi connectivity index (χ3v) is 3.83. The number of benzene rings is 1. The summed E-state index contributed by atoms with van der Waals surface area (Å²) >= 11 is 0. The summed E-state index contributed by atoms with van der Waals surface area (Å²) in [6.07, 6.45) is 1.17. The van der Waals surface area contributed by atoms with Crippen molar-refractivity contribution >= 4 is 9.84 Å². The van der Waals surface area contributed by atoms with Gasteiger partial charge in [0.1, 0.15) is 12.1 Å². The monoisotopic (exact) mass is 255 g/mol. The average molecular weight is 255 g/mol. The minimum Gasteiger partial charge on any atom is -0.240 e. The molecule has 0 amide bonds. The number of sulfone groups is 1. The van der Waals surface area contributed by atoms with E-state index in [1.54, 1.807) is 6.07 Å². The van der Waals surface area contributed by atoms with Crippen LogP contribution >= 0.6 is 0 Å². The SMILES string of the molecule is Cn1ncnc1S(=O)(=O)Cc1cccc(F)c1. The van der Waals surface area contributed by atoms with Gasteiger partial charge < -0.3 is 0 Å². The quantitative estimate of drug-likeness (QED) is 0.818. The molecule has 90 valence electrons. The van der Waals surface area contributed by atoms with Crippen molar-refractivity contribution in [3.8, 4) is 0 Å². The fraction of sp³-hybridized carbons (Fsp3) is 0.200. The van der Waals surface area contributed by atoms with Crippen LogP contribution in [0, 0.1) is 5.82 Å². The van der Waals surface area contributed by atoms with Crippen molar-refractivity contribution in [2.24, 2.45) is 7.05 Å². The molecule has 1 aromatic heterocycles. The van der Waals surface area contributed by atoms with Gasteiger partial charge in [-0.2, -0.15) is 5.10 Å². The Labute approximate surface area is 97.8 Å². The maximum atomic E-state index is 12.9. The number of aryl methyl sites for hydroxylation is 1. The molecule has 7 heteroatoms. The zero-order valence-electron chi connectivity index (χ0n) is 9.04. The van der Waals surface area contributed by atoms with Crippen LogP contribution in [-0.2, 0) is 22.6 Å². The van der Waals surface area contributed by atoms with Gasteiger partial charge in [-0.25, -0.2) is 22.5 Å². The first-order valence-electron chi connectivity index (χ1n) is 4.80. The first-order valence-corrected chi connectivity index (χ1v) is 6.45. The summed E-state index contributed by atoms with van der Waals surface area (Å²) < 4.78 is 38.0. The lowest BCUT2D eigenvalue weighted by molar-refractivity contribution is 0.568. The molecule has 0 N–H and O–H groups in total. The summed E-state index contributed by atoms with van der Waals surface area (Å²) in [5, 5.41) is 3.57. The molecule has 0 saturated carbocycles. The molecule has 0 aliphatic carbocycles. The average Bonchev–Trinajstić information content (AvgIpc) is 2.64. The van der Waals surface area contributed by atoms with E-state index in [1.165, 1.54) is 36.3 Å². The van der Waals surface area contributed by atoms with E-state index in [1.807, 2.05) is 0 Å². The lowest BCUT2D eigenvalue weighted by atomic mass is 10.2. The van der Waals surface area contributed by atoms with E-state index >= 15 is 0 Å². The van der Waals surface area contributed by atoms with Gasteiger partial charge in [-0.1, -0.05) is 12.1 Å². The Kier molecular flexibility index (Phi) is 2.93. The summed E-state index contributed by atoms with van der Waals surface area (Å²) in [5.41, 5.74) is 0.382. The van der Waals surface area contributed by atoms with E-state index < -0.39 is 15.7 Å². The molecule has 2 aromatic rings. The molecule has 0 radical (unpaired) electrons. The number of hydrogen-bond donors (Lipinski definition) is 0. The lowest BCUT2D eigenvalue weighted by Crippen LogP contribution is -2.11. The molecule has 0 bridgehead atoms. The van der Waals surface area contributed by atoms with E-state index in [0.717, 1.165) is 0 Å². The molecule has 1 heterocycles. The number of hydrogen-bond acceptors (Lipinski definition) is 4. The van der Waals surface area contributed by atoms with Gasteiger partial charge in [-0.3, -0.25) is 0 Å². The van der Waals surface area contributed by atoms with Gasteiger partial charge in [0.2, 0.25) is 15.0 Å². The van der Waals surface area contributed by atoms with E-state index in [2.05, 4.69) is 10.1 Å². The van der Waals surface area contributed by atoms with Gasteiger partial charge in [0, 0.05) is 7.05 Å². The van der Waals surface area contributed by atoms with Crippen molar-refractivity contribution in [1.29, 1.82) is 0 Å². The number of aromatic nitrogens is 3. The van der Waals surface area contributed by atoms with E-state index in [4.69, 9.17) is 0 Å². The second kappa shape index (κ2) is 4.25. The largest absolute Gasteiger partial charge is 0.245 e. The fourth-order valence-corrected chi connectivity index (χ4v) is 2.88. The van der Waals surface area contributed by atoms with Gasteiger partial charge in [0.25, 0.3) is 0 Å². The van der Waals surface area contributed by atoms with Crippen LogP contribution in [0.3, 0.4) is 0 Å². The predicted molar refractivity (Wildman–Crippen MR) is 58.3 cm³/mol. The highest BCUT2D eigenvalue weighted by atomic mass is 32.2. The zero-order chi connectivity index (χ0) is 12.5. The molecule has 5 nitrogen and oxygen atoms in total. The lowest BCUT2D eigenvalue weighted by Gasteiger charge is -2.03. The van der Waals surface area contributed by atoms with Crippen LogP contribution in [0.5, 0.6) is 0 Å². The molecular formula is C10H10FN3O2S. The molecular weight excluding hydrogens is 245 g/mol. The highest BCUT2D eigenvalue weighted by Crippen LogP contribution is 2.14. The van der Waals surface area contributed by atoms with Crippen LogP contribution in [-0.4, -0.2) is 23.2 Å². The van der Waals surface area contributed by atoms with Crippen LogP contribution in [0.2, 0.25) is 0 Å². The van der Waals surface area contributed by atoms with Crippen LogP contribution in [0.4, 0.5) is 4.39 Å². The third kappa shape index (κ3) is 2.50. The second-order valence-electron chi connectivity index (χ2n) is 3.56. The Morgan fingerprint density at radius 2 is 2.18 bits per heavy atom. The Morgan fingerprint density at radius 1 is 1.41 bits per heavy atom. The van der Waals surface area contributed by atoms with Crippen molar-refractivity contribution in [2.45, 2.75) is 10.9 Å². The van der Waals surface area contributed by atoms with Crippen molar-refractivity contribution < 1.29 is 12.8 Å². The van der Waals surface area contributed by atoms with Crippen molar-refractivity contribution in [3.05, 3.63) is 42.0 Å². The Bertz CT molecular complexity index is 637. The Balaban J connectivity index is 2.33. The van der Waals surface area contributed by atoms with Crippen LogP contribution in [0.25, 0.3) is 0 Å². The molecule has 2 rings (SSSR count). The molecule has 17 heavy (non-hydrogen) atoms. The smallest absolute Gasteiger partial charge is 0.240 e. The summed E-state index contributed by atoms with van der Waals surface area (Å²) in [4.78, 5) is 3.68. The predicted octanol–water partition coefficient (Wildman–Crippen LogP) is 0.928. The molecule has 0 aliphatic heterocycles. The van der Waals surface area contributed by atoms with Crippen molar-refractivity contribution in [3.63, 3.8) is 0 Å². The van der Waals surface area contributed by atoms with Crippen molar-refractivity contribution in [2.75, 3.05) is 0 Å². The summed E-state index contributed by atoms with van der Waals surface area (Å²) in [7, 11) is -2.10. The van der Waals surface area contributed by atoms with Crippen LogP contribution < -0.4 is 0 Å². The molecule has 0 spiro atoms. The Hall–Kier alpha value is -1.76. The molecule has 0 atom stereocenters. The van der Waals surface area contributed by atoms with Gasteiger partial charge >= 0.3 is 0 Å². The molecule has 0 unspecified atom stereocenters. The second-order valence-corrected chi connectivity index (χ2v) is 5.44. The minimum atomic E-state index is -3.59. The highest BCUT2D eigenvalue weighted by molar-refractivity contribution is 7.90. The third-order valence-electron chi connectivity index (χ3n) is 2.19. The maximum Gasteiger partial charge on any atom is 0.245 e. The summed E-state index contributed by atoms with van der Waals surface area (Å²) in [5.74, 6) is -0.757. The summed E-state index contributed by atoms with van der Waals surface area (Å²) in [6, 6.07) is 5.47. The van der Waals surface area contributed by atoms with Gasteiger partial charge in [0.05, 0.1) is 5.75 Å². The van der Waals surface area contributed by atoms with Crippen LogP contribution in [0.15, 0.2) is 35.7 Å². The first kappa shape index (κ1) is 11.7. The van der Waals surface area contributed by atoms with Crippen LogP contribution in [0.1, 0.15) is 5.56 Å². The maximum absolute atomic E-state index is 12.9. The normalized spacial score (nSPS) is 11.6. The highest BCUT2D eigenvalue weighted by Gasteiger charge is 2.20. The van der Waals surface area contributed by atoms with Gasteiger partial charge in [-0.15, -0.1) is 0 Å². The molecule has 0 fully saturated rings. The molecule has 1 aromatic carbocycles. The zero-order valence-corrected chi connectivity index (χ0v) is 9.85. The van der Waals surface area contributed by atoms with E-state index in [-0.39, 0.29) is 10.9 Å².